The first-order chi connectivity index (χ1) is 15.8. The summed E-state index contributed by atoms with van der Waals surface area (Å²) in [6.45, 7) is 0.726. The predicted octanol–water partition coefficient (Wildman–Crippen LogP) is 4.99. The Kier molecular flexibility index (Phi) is 5.41. The lowest BCUT2D eigenvalue weighted by Gasteiger charge is -2.14. The number of fused-ring (bicyclic) bond motifs is 1. The van der Waals surface area contributed by atoms with Crippen LogP contribution in [0.15, 0.2) is 91.5 Å². The molecule has 0 atom stereocenters. The van der Waals surface area contributed by atoms with Crippen LogP contribution in [-0.2, 0) is 6.42 Å². The molecule has 0 saturated carbocycles. The van der Waals surface area contributed by atoms with E-state index in [9.17, 15) is 0 Å². The van der Waals surface area contributed by atoms with E-state index in [4.69, 9.17) is 15.7 Å². The summed E-state index contributed by atoms with van der Waals surface area (Å²) >= 11 is 0. The molecule has 0 spiro atoms. The van der Waals surface area contributed by atoms with Crippen molar-refractivity contribution in [1.82, 2.24) is 19.9 Å². The van der Waals surface area contributed by atoms with Gasteiger partial charge in [-0.05, 0) is 41.3 Å². The minimum absolute atomic E-state index is 0.596. The molecule has 5 rings (SSSR count). The monoisotopic (exact) mass is 418 g/mol. The van der Waals surface area contributed by atoms with Crippen molar-refractivity contribution < 1.29 is 0 Å². The van der Waals surface area contributed by atoms with Gasteiger partial charge in [0.1, 0.15) is 12.1 Å². The average molecular weight is 419 g/mol. The molecule has 32 heavy (non-hydrogen) atoms. The molecular weight excluding hydrogens is 396 g/mol. The van der Waals surface area contributed by atoms with E-state index in [-0.39, 0.29) is 0 Å². The quantitative estimate of drug-likeness (QED) is 0.378. The van der Waals surface area contributed by atoms with Crippen LogP contribution in [0.2, 0.25) is 0 Å². The molecule has 2 aromatic heterocycles. The van der Waals surface area contributed by atoms with Gasteiger partial charge in [0, 0.05) is 24.6 Å². The van der Waals surface area contributed by atoms with Crippen LogP contribution < -0.4 is 11.1 Å². The first-order valence-electron chi connectivity index (χ1n) is 10.5. The molecule has 0 aliphatic heterocycles. The third-order valence-corrected chi connectivity index (χ3v) is 5.31. The third kappa shape index (κ3) is 4.11. The van der Waals surface area contributed by atoms with Crippen molar-refractivity contribution >= 4 is 22.4 Å². The molecular formula is C26H22N6. The van der Waals surface area contributed by atoms with Crippen molar-refractivity contribution in [2.45, 2.75) is 6.42 Å². The summed E-state index contributed by atoms with van der Waals surface area (Å²) in [6.07, 6.45) is 5.81. The lowest BCUT2D eigenvalue weighted by atomic mass is 10.0. The number of anilines is 2. The van der Waals surface area contributed by atoms with Crippen LogP contribution in [0.3, 0.4) is 0 Å². The standard InChI is InChI=1S/C26H22N6/c27-21-11-9-18(10-12-21)13-14-30-26-24-22(19-5-2-1-3-6-19)7-4-8-23(24)31-25(32-26)20-15-28-17-29-16-20/h1-12,15-17H,13-14,27H2,(H,30,31,32). The Bertz CT molecular complexity index is 1340. The normalized spacial score (nSPS) is 10.9. The number of hydrogen-bond acceptors (Lipinski definition) is 6. The van der Waals surface area contributed by atoms with Crippen molar-refractivity contribution in [2.24, 2.45) is 0 Å². The van der Waals surface area contributed by atoms with E-state index in [1.807, 2.05) is 42.5 Å². The molecule has 0 fully saturated rings. The Morgan fingerprint density at radius 3 is 2.31 bits per heavy atom. The first kappa shape index (κ1) is 19.6. The third-order valence-electron chi connectivity index (χ3n) is 5.31. The second-order valence-corrected chi connectivity index (χ2v) is 7.51. The molecule has 0 aliphatic carbocycles. The summed E-state index contributed by atoms with van der Waals surface area (Å²) in [5.41, 5.74) is 11.7. The minimum atomic E-state index is 0.596. The van der Waals surface area contributed by atoms with Gasteiger partial charge in [-0.25, -0.2) is 19.9 Å². The number of rotatable bonds is 6. The average Bonchev–Trinajstić information content (AvgIpc) is 2.86. The van der Waals surface area contributed by atoms with Gasteiger partial charge in [-0.3, -0.25) is 0 Å². The molecule has 0 saturated heterocycles. The summed E-state index contributed by atoms with van der Waals surface area (Å²) < 4.78 is 0. The SMILES string of the molecule is Nc1ccc(CCNc2nc(-c3cncnc3)nc3cccc(-c4ccccc4)c23)cc1. The number of benzene rings is 3. The molecule has 3 N–H and O–H groups in total. The molecule has 0 aliphatic rings. The Morgan fingerprint density at radius 2 is 1.53 bits per heavy atom. The Morgan fingerprint density at radius 1 is 0.750 bits per heavy atom. The lowest BCUT2D eigenvalue weighted by molar-refractivity contribution is 1.01. The molecule has 6 nitrogen and oxygen atoms in total. The van der Waals surface area contributed by atoms with Gasteiger partial charge in [-0.2, -0.15) is 0 Å². The van der Waals surface area contributed by atoms with Gasteiger partial charge < -0.3 is 11.1 Å². The maximum absolute atomic E-state index is 5.81. The van der Waals surface area contributed by atoms with Gasteiger partial charge in [0.25, 0.3) is 0 Å². The van der Waals surface area contributed by atoms with Gasteiger partial charge in [-0.1, -0.05) is 54.6 Å². The topological polar surface area (TPSA) is 89.6 Å². The van der Waals surface area contributed by atoms with E-state index in [1.165, 1.54) is 11.9 Å². The Hall–Kier alpha value is -4.32. The fraction of sp³-hybridized carbons (Fsp3) is 0.0769. The summed E-state index contributed by atoms with van der Waals surface area (Å²) in [4.78, 5) is 17.9. The molecule has 6 heteroatoms. The van der Waals surface area contributed by atoms with Crippen LogP contribution in [0, 0.1) is 0 Å². The zero-order valence-electron chi connectivity index (χ0n) is 17.4. The second-order valence-electron chi connectivity index (χ2n) is 7.51. The Balaban J connectivity index is 1.57. The highest BCUT2D eigenvalue weighted by Gasteiger charge is 2.14. The van der Waals surface area contributed by atoms with Gasteiger partial charge in [0.15, 0.2) is 5.82 Å². The molecule has 0 amide bonds. The number of nitrogen functional groups attached to an aromatic ring is 1. The number of aromatic nitrogens is 4. The van der Waals surface area contributed by atoms with Crippen LogP contribution in [0.1, 0.15) is 5.56 Å². The summed E-state index contributed by atoms with van der Waals surface area (Å²) in [5, 5.41) is 4.54. The van der Waals surface area contributed by atoms with E-state index in [0.717, 1.165) is 52.1 Å². The fourth-order valence-corrected chi connectivity index (χ4v) is 3.72. The smallest absolute Gasteiger partial charge is 0.165 e. The Labute approximate surface area is 186 Å². The van der Waals surface area contributed by atoms with E-state index in [0.29, 0.717) is 5.82 Å². The van der Waals surface area contributed by atoms with Crippen LogP contribution in [0.5, 0.6) is 0 Å². The van der Waals surface area contributed by atoms with E-state index < -0.39 is 0 Å². The van der Waals surface area contributed by atoms with Crippen LogP contribution in [0.25, 0.3) is 33.4 Å². The second kappa shape index (κ2) is 8.81. The van der Waals surface area contributed by atoms with Crippen molar-refractivity contribution in [1.29, 1.82) is 0 Å². The number of nitrogens with two attached hydrogens (primary N) is 1. The van der Waals surface area contributed by atoms with Gasteiger partial charge >= 0.3 is 0 Å². The zero-order chi connectivity index (χ0) is 21.8. The summed E-state index contributed by atoms with van der Waals surface area (Å²) in [7, 11) is 0. The maximum atomic E-state index is 5.81. The highest BCUT2D eigenvalue weighted by atomic mass is 15.0. The number of hydrogen-bond donors (Lipinski definition) is 2. The molecule has 3 aromatic carbocycles. The summed E-state index contributed by atoms with van der Waals surface area (Å²) in [5.74, 6) is 1.39. The lowest BCUT2D eigenvalue weighted by Crippen LogP contribution is -2.09. The van der Waals surface area contributed by atoms with Crippen molar-refractivity contribution in [3.05, 3.63) is 97.1 Å². The molecule has 0 unspecified atom stereocenters. The van der Waals surface area contributed by atoms with E-state index >= 15 is 0 Å². The number of nitrogens with one attached hydrogen (secondary N) is 1. The van der Waals surface area contributed by atoms with Gasteiger partial charge in [-0.15, -0.1) is 0 Å². The highest BCUT2D eigenvalue weighted by Crippen LogP contribution is 2.33. The zero-order valence-corrected chi connectivity index (χ0v) is 17.4. The molecule has 0 radical (unpaired) electrons. The first-order valence-corrected chi connectivity index (χ1v) is 10.5. The van der Waals surface area contributed by atoms with Gasteiger partial charge in [0.2, 0.25) is 0 Å². The molecule has 0 bridgehead atoms. The molecule has 2 heterocycles. The molecule has 156 valence electrons. The summed E-state index contributed by atoms with van der Waals surface area (Å²) in [6, 6.07) is 24.4. The van der Waals surface area contributed by atoms with Crippen molar-refractivity contribution in [3.63, 3.8) is 0 Å². The van der Waals surface area contributed by atoms with Crippen molar-refractivity contribution in [2.75, 3.05) is 17.6 Å². The largest absolute Gasteiger partial charge is 0.399 e. The fourth-order valence-electron chi connectivity index (χ4n) is 3.72. The molecule has 5 aromatic rings. The predicted molar refractivity (Wildman–Crippen MR) is 129 cm³/mol. The van der Waals surface area contributed by atoms with Crippen LogP contribution in [0.4, 0.5) is 11.5 Å². The van der Waals surface area contributed by atoms with Crippen LogP contribution >= 0.6 is 0 Å². The maximum Gasteiger partial charge on any atom is 0.165 e. The van der Waals surface area contributed by atoms with Gasteiger partial charge in [0.05, 0.1) is 16.5 Å². The van der Waals surface area contributed by atoms with Crippen LogP contribution in [-0.4, -0.2) is 26.5 Å². The minimum Gasteiger partial charge on any atom is -0.399 e. The van der Waals surface area contributed by atoms with E-state index in [2.05, 4.69) is 45.6 Å². The van der Waals surface area contributed by atoms with Crippen molar-refractivity contribution in [3.8, 4) is 22.5 Å². The number of nitrogens with zero attached hydrogens (tertiary/aromatic N) is 4. The highest BCUT2D eigenvalue weighted by molar-refractivity contribution is 6.02. The van der Waals surface area contributed by atoms with E-state index in [1.54, 1.807) is 12.4 Å².